The number of halogens is 2. The molecule has 16 heavy (non-hydrogen) atoms. The Morgan fingerprint density at radius 3 is 2.44 bits per heavy atom. The molecule has 1 aromatic carbocycles. The molecule has 0 saturated heterocycles. The van der Waals surface area contributed by atoms with E-state index in [1.54, 1.807) is 18.2 Å². The molecule has 3 heteroatoms. The van der Waals surface area contributed by atoms with E-state index in [1.807, 2.05) is 0 Å². The maximum Gasteiger partial charge on any atom is 0.164 e. The maximum absolute atomic E-state index is 11.9. The van der Waals surface area contributed by atoms with E-state index in [0.29, 0.717) is 22.0 Å². The molecule has 1 aromatic rings. The van der Waals surface area contributed by atoms with Crippen LogP contribution >= 0.6 is 23.2 Å². The number of carbonyl (C=O) groups is 1. The van der Waals surface area contributed by atoms with E-state index in [0.717, 1.165) is 6.42 Å². The third-order valence-corrected chi connectivity index (χ3v) is 3.17. The first-order valence-electron chi connectivity index (χ1n) is 5.28. The third kappa shape index (κ3) is 3.80. The van der Waals surface area contributed by atoms with Gasteiger partial charge in [0.2, 0.25) is 0 Å². The van der Waals surface area contributed by atoms with Gasteiger partial charge in [-0.05, 0) is 24.0 Å². The highest BCUT2D eigenvalue weighted by atomic mass is 35.5. The Morgan fingerprint density at radius 1 is 1.25 bits per heavy atom. The minimum absolute atomic E-state index is 0.0578. The third-order valence-electron chi connectivity index (χ3n) is 2.35. The molecule has 0 fully saturated rings. The minimum Gasteiger partial charge on any atom is -0.294 e. The van der Waals surface area contributed by atoms with Gasteiger partial charge in [-0.3, -0.25) is 4.79 Å². The largest absolute Gasteiger partial charge is 0.294 e. The van der Waals surface area contributed by atoms with Gasteiger partial charge in [-0.15, -0.1) is 0 Å². The topological polar surface area (TPSA) is 17.1 Å². The van der Waals surface area contributed by atoms with Crippen LogP contribution in [0.2, 0.25) is 10.0 Å². The summed E-state index contributed by atoms with van der Waals surface area (Å²) in [5.74, 6) is 0.0578. The Bertz CT molecular complexity index is 391. The lowest BCUT2D eigenvalue weighted by Crippen LogP contribution is -2.09. The zero-order valence-corrected chi connectivity index (χ0v) is 11.3. The highest BCUT2D eigenvalue weighted by Crippen LogP contribution is 2.28. The van der Waals surface area contributed by atoms with E-state index < -0.39 is 0 Å². The van der Waals surface area contributed by atoms with Crippen molar-refractivity contribution >= 4 is 29.0 Å². The fourth-order valence-electron chi connectivity index (χ4n) is 1.34. The SMILES string of the molecule is CC(C)(C)CCC(=O)c1cccc(Cl)c1Cl. The fourth-order valence-corrected chi connectivity index (χ4v) is 1.75. The second-order valence-electron chi connectivity index (χ2n) is 5.09. The minimum atomic E-state index is 0.0578. The molecule has 0 aromatic heterocycles. The average Bonchev–Trinajstić information content (AvgIpc) is 2.17. The first-order chi connectivity index (χ1) is 7.31. The molecule has 1 nitrogen and oxygen atoms in total. The molecule has 0 unspecified atom stereocenters. The van der Waals surface area contributed by atoms with Crippen molar-refractivity contribution in [1.82, 2.24) is 0 Å². The molecule has 1 rings (SSSR count). The molecule has 0 radical (unpaired) electrons. The van der Waals surface area contributed by atoms with Crippen LogP contribution in [0.4, 0.5) is 0 Å². The molecule has 0 atom stereocenters. The fraction of sp³-hybridized carbons (Fsp3) is 0.462. The Labute approximate surface area is 107 Å². The Morgan fingerprint density at radius 2 is 1.88 bits per heavy atom. The predicted molar refractivity (Wildman–Crippen MR) is 69.5 cm³/mol. The standard InChI is InChI=1S/C13H16Cl2O/c1-13(2,3)8-7-11(16)9-5-4-6-10(14)12(9)15/h4-6H,7-8H2,1-3H3. The van der Waals surface area contributed by atoms with Gasteiger partial charge in [0.1, 0.15) is 0 Å². The quantitative estimate of drug-likeness (QED) is 0.698. The van der Waals surface area contributed by atoms with Gasteiger partial charge in [0.15, 0.2) is 5.78 Å². The highest BCUT2D eigenvalue weighted by molar-refractivity contribution is 6.43. The van der Waals surface area contributed by atoms with E-state index in [1.165, 1.54) is 0 Å². The van der Waals surface area contributed by atoms with Crippen molar-refractivity contribution < 1.29 is 4.79 Å². The van der Waals surface area contributed by atoms with E-state index in [4.69, 9.17) is 23.2 Å². The van der Waals surface area contributed by atoms with Gasteiger partial charge in [-0.1, -0.05) is 50.0 Å². The van der Waals surface area contributed by atoms with E-state index in [9.17, 15) is 4.79 Å². The molecule has 0 saturated carbocycles. The number of rotatable bonds is 3. The van der Waals surface area contributed by atoms with Crippen LogP contribution in [0.1, 0.15) is 44.0 Å². The van der Waals surface area contributed by atoms with Crippen molar-refractivity contribution in [3.05, 3.63) is 33.8 Å². The second-order valence-corrected chi connectivity index (χ2v) is 5.87. The van der Waals surface area contributed by atoms with Gasteiger partial charge in [-0.25, -0.2) is 0 Å². The molecular weight excluding hydrogens is 243 g/mol. The first-order valence-corrected chi connectivity index (χ1v) is 6.04. The number of hydrogen-bond donors (Lipinski definition) is 0. The van der Waals surface area contributed by atoms with Crippen LogP contribution < -0.4 is 0 Å². The van der Waals surface area contributed by atoms with Crippen LogP contribution in [0.5, 0.6) is 0 Å². The summed E-state index contributed by atoms with van der Waals surface area (Å²) in [7, 11) is 0. The van der Waals surface area contributed by atoms with Crippen molar-refractivity contribution in [1.29, 1.82) is 0 Å². The number of carbonyl (C=O) groups excluding carboxylic acids is 1. The summed E-state index contributed by atoms with van der Waals surface area (Å²) in [4.78, 5) is 11.9. The number of Topliss-reactive ketones (excluding diaryl/α,β-unsaturated/α-hetero) is 1. The van der Waals surface area contributed by atoms with Gasteiger partial charge in [0.25, 0.3) is 0 Å². The van der Waals surface area contributed by atoms with Crippen LogP contribution in [-0.2, 0) is 0 Å². The van der Waals surface area contributed by atoms with E-state index in [-0.39, 0.29) is 11.2 Å². The summed E-state index contributed by atoms with van der Waals surface area (Å²) in [5.41, 5.74) is 0.680. The summed E-state index contributed by atoms with van der Waals surface area (Å²) in [6, 6.07) is 5.15. The lowest BCUT2D eigenvalue weighted by Gasteiger charge is -2.17. The summed E-state index contributed by atoms with van der Waals surface area (Å²) in [5, 5.41) is 0.798. The summed E-state index contributed by atoms with van der Waals surface area (Å²) < 4.78 is 0. The van der Waals surface area contributed by atoms with Crippen LogP contribution in [0, 0.1) is 5.41 Å². The van der Waals surface area contributed by atoms with E-state index in [2.05, 4.69) is 20.8 Å². The van der Waals surface area contributed by atoms with Crippen molar-refractivity contribution in [2.45, 2.75) is 33.6 Å². The normalized spacial score (nSPS) is 11.6. The molecule has 0 aliphatic rings. The van der Waals surface area contributed by atoms with Crippen LogP contribution in [0.15, 0.2) is 18.2 Å². The molecule has 0 bridgehead atoms. The molecule has 0 aliphatic heterocycles. The lowest BCUT2D eigenvalue weighted by atomic mass is 9.88. The van der Waals surface area contributed by atoms with Crippen molar-refractivity contribution in [3.63, 3.8) is 0 Å². The molecular formula is C13H16Cl2O. The molecule has 0 N–H and O–H groups in total. The molecule has 0 heterocycles. The van der Waals surface area contributed by atoms with Gasteiger partial charge < -0.3 is 0 Å². The van der Waals surface area contributed by atoms with Gasteiger partial charge in [-0.2, -0.15) is 0 Å². The first kappa shape index (κ1) is 13.5. The Kier molecular flexibility index (Phi) is 4.40. The number of hydrogen-bond acceptors (Lipinski definition) is 1. The monoisotopic (exact) mass is 258 g/mol. The van der Waals surface area contributed by atoms with Gasteiger partial charge in [0, 0.05) is 12.0 Å². The zero-order valence-electron chi connectivity index (χ0n) is 9.81. The molecule has 0 spiro atoms. The van der Waals surface area contributed by atoms with E-state index >= 15 is 0 Å². The average molecular weight is 259 g/mol. The number of ketones is 1. The van der Waals surface area contributed by atoms with Crippen molar-refractivity contribution in [3.8, 4) is 0 Å². The van der Waals surface area contributed by atoms with Crippen LogP contribution in [0.3, 0.4) is 0 Å². The van der Waals surface area contributed by atoms with Gasteiger partial charge >= 0.3 is 0 Å². The predicted octanol–water partition coefficient (Wildman–Crippen LogP) is 5.00. The van der Waals surface area contributed by atoms with Gasteiger partial charge in [0.05, 0.1) is 10.0 Å². The molecule has 0 aliphatic carbocycles. The summed E-state index contributed by atoms with van der Waals surface area (Å²) in [6.07, 6.45) is 1.35. The van der Waals surface area contributed by atoms with Crippen LogP contribution in [0.25, 0.3) is 0 Å². The summed E-state index contributed by atoms with van der Waals surface area (Å²) >= 11 is 11.8. The number of benzene rings is 1. The molecule has 88 valence electrons. The van der Waals surface area contributed by atoms with Crippen LogP contribution in [-0.4, -0.2) is 5.78 Å². The lowest BCUT2D eigenvalue weighted by molar-refractivity contribution is 0.0966. The summed E-state index contributed by atoms with van der Waals surface area (Å²) in [6.45, 7) is 6.33. The maximum atomic E-state index is 11.9. The molecule has 0 amide bonds. The Balaban J connectivity index is 2.78. The highest BCUT2D eigenvalue weighted by Gasteiger charge is 2.16. The Hall–Kier alpha value is -0.530. The van der Waals surface area contributed by atoms with Crippen molar-refractivity contribution in [2.24, 2.45) is 5.41 Å². The zero-order chi connectivity index (χ0) is 12.3. The van der Waals surface area contributed by atoms with Crippen molar-refractivity contribution in [2.75, 3.05) is 0 Å². The smallest absolute Gasteiger partial charge is 0.164 e. The second kappa shape index (κ2) is 5.20.